The third-order valence-corrected chi connectivity index (χ3v) is 5.20. The van der Waals surface area contributed by atoms with E-state index in [0.29, 0.717) is 18.9 Å². The van der Waals surface area contributed by atoms with Crippen LogP contribution in [-0.2, 0) is 7.05 Å². The average molecular weight is 353 g/mol. The first kappa shape index (κ1) is 16.7. The van der Waals surface area contributed by atoms with Gasteiger partial charge in [-0.1, -0.05) is 0 Å². The topological polar surface area (TPSA) is 86.2 Å². The molecule has 2 aromatic heterocycles. The molecule has 136 valence electrons. The largest absolute Gasteiger partial charge is 0.385 e. The number of hydrogen-bond acceptors (Lipinski definition) is 3. The number of hydrogen-bond donors (Lipinski definition) is 3. The van der Waals surface area contributed by atoms with Crippen molar-refractivity contribution in [2.45, 2.75) is 18.9 Å². The number of nitrogens with zero attached hydrogens (tertiary/aromatic N) is 3. The van der Waals surface area contributed by atoms with E-state index in [0.717, 1.165) is 29.4 Å². The minimum Gasteiger partial charge on any atom is -0.385 e. The Kier molecular flexibility index (Phi) is 4.38. The monoisotopic (exact) mass is 353 g/mol. The smallest absolute Gasteiger partial charge is 0.321 e. The molecule has 0 radical (unpaired) electrons. The highest BCUT2D eigenvalue weighted by Gasteiger charge is 2.30. The number of amides is 2. The Balaban J connectivity index is 1.35. The number of carbonyl (C=O) groups is 1. The number of urea groups is 1. The summed E-state index contributed by atoms with van der Waals surface area (Å²) in [4.78, 5) is 21.7. The van der Waals surface area contributed by atoms with Gasteiger partial charge in [-0.3, -0.25) is 0 Å². The highest BCUT2D eigenvalue weighted by Crippen LogP contribution is 2.30. The average Bonchev–Trinajstić information content (AvgIpc) is 3.29. The van der Waals surface area contributed by atoms with Crippen molar-refractivity contribution in [3.05, 3.63) is 48.7 Å². The van der Waals surface area contributed by atoms with Crippen molar-refractivity contribution < 1.29 is 9.90 Å². The fourth-order valence-corrected chi connectivity index (χ4v) is 3.62. The van der Waals surface area contributed by atoms with Gasteiger partial charge >= 0.3 is 6.03 Å². The molecule has 7 heteroatoms. The van der Waals surface area contributed by atoms with Crippen LogP contribution < -0.4 is 5.32 Å². The maximum absolute atomic E-state index is 12.5. The number of fused-ring (bicyclic) bond motifs is 1. The van der Waals surface area contributed by atoms with E-state index in [2.05, 4.69) is 15.3 Å². The molecule has 0 spiro atoms. The third kappa shape index (κ3) is 3.17. The molecule has 1 fully saturated rings. The number of aliphatic hydroxyl groups is 1. The third-order valence-electron chi connectivity index (χ3n) is 5.20. The minimum atomic E-state index is -0.587. The van der Waals surface area contributed by atoms with Crippen LogP contribution in [0.15, 0.2) is 42.9 Å². The van der Waals surface area contributed by atoms with Crippen molar-refractivity contribution in [3.63, 3.8) is 0 Å². The number of H-pyrrole nitrogens is 1. The molecule has 1 atom stereocenters. The number of aromatic nitrogens is 3. The lowest BCUT2D eigenvalue weighted by atomic mass is 9.91. The van der Waals surface area contributed by atoms with Gasteiger partial charge in [0.2, 0.25) is 0 Å². The molecule has 2 amide bonds. The molecule has 0 bridgehead atoms. The van der Waals surface area contributed by atoms with Gasteiger partial charge in [0, 0.05) is 55.3 Å². The molecule has 1 saturated heterocycles. The molecule has 3 N–H and O–H groups in total. The predicted octanol–water partition coefficient (Wildman–Crippen LogP) is 2.88. The molecule has 3 aromatic rings. The summed E-state index contributed by atoms with van der Waals surface area (Å²) in [7, 11) is 1.88. The van der Waals surface area contributed by atoms with E-state index in [-0.39, 0.29) is 11.9 Å². The summed E-state index contributed by atoms with van der Waals surface area (Å²) < 4.78 is 1.85. The van der Waals surface area contributed by atoms with Crippen LogP contribution in [0.5, 0.6) is 0 Å². The maximum Gasteiger partial charge on any atom is 0.321 e. The highest BCUT2D eigenvalue weighted by atomic mass is 16.3. The Morgan fingerprint density at radius 3 is 2.88 bits per heavy atom. The molecule has 1 aromatic carbocycles. The Morgan fingerprint density at radius 1 is 1.35 bits per heavy atom. The second-order valence-electron chi connectivity index (χ2n) is 6.88. The first-order valence-corrected chi connectivity index (χ1v) is 8.90. The molecule has 1 aliphatic heterocycles. The number of piperidine rings is 1. The number of aliphatic hydroxyl groups excluding tert-OH is 1. The molecule has 0 unspecified atom stereocenters. The number of aryl methyl sites for hydroxylation is 1. The zero-order chi connectivity index (χ0) is 18.1. The molecule has 1 aliphatic rings. The van der Waals surface area contributed by atoms with E-state index in [9.17, 15) is 9.90 Å². The van der Waals surface area contributed by atoms with Crippen LogP contribution in [0.2, 0.25) is 0 Å². The van der Waals surface area contributed by atoms with E-state index >= 15 is 0 Å². The molecular formula is C19H23N5O2. The van der Waals surface area contributed by atoms with Crippen molar-refractivity contribution in [1.82, 2.24) is 19.4 Å². The first-order valence-electron chi connectivity index (χ1n) is 8.90. The normalized spacial score (nSPS) is 16.8. The van der Waals surface area contributed by atoms with Crippen LogP contribution in [0.25, 0.3) is 10.9 Å². The summed E-state index contributed by atoms with van der Waals surface area (Å²) in [6.45, 7) is 1.26. The molecule has 26 heavy (non-hydrogen) atoms. The Hall–Kier alpha value is -2.80. The summed E-state index contributed by atoms with van der Waals surface area (Å²) in [5.74, 6) is 0.809. The van der Waals surface area contributed by atoms with Gasteiger partial charge in [0.05, 0.1) is 0 Å². The summed E-state index contributed by atoms with van der Waals surface area (Å²) in [5, 5.41) is 14.6. The summed E-state index contributed by atoms with van der Waals surface area (Å²) in [6.07, 6.45) is 6.35. The van der Waals surface area contributed by atoms with E-state index in [4.69, 9.17) is 0 Å². The van der Waals surface area contributed by atoms with Crippen molar-refractivity contribution >= 4 is 22.6 Å². The van der Waals surface area contributed by atoms with Gasteiger partial charge in [0.15, 0.2) is 0 Å². The van der Waals surface area contributed by atoms with Gasteiger partial charge in [0.25, 0.3) is 0 Å². The molecule has 3 heterocycles. The number of carbonyl (C=O) groups excluding carboxylic acids is 1. The predicted molar refractivity (Wildman–Crippen MR) is 99.8 cm³/mol. The fourth-order valence-electron chi connectivity index (χ4n) is 3.62. The van der Waals surface area contributed by atoms with Crippen molar-refractivity contribution in [3.8, 4) is 0 Å². The van der Waals surface area contributed by atoms with Crippen LogP contribution >= 0.6 is 0 Å². The number of aromatic amines is 1. The van der Waals surface area contributed by atoms with Crippen LogP contribution in [0, 0.1) is 5.92 Å². The molecular weight excluding hydrogens is 330 g/mol. The number of likely N-dealkylation sites (tertiary alicyclic amines) is 1. The standard InChI is InChI=1S/C19H23N5O2/c1-23-11-8-21-18(23)17(25)13-5-9-24(10-6-13)19(26)22-15-2-3-16-14(12-15)4-7-20-16/h2-4,7-8,11-13,17,20,25H,5-6,9-10H2,1H3,(H,22,26)/t17-/m0/s1. The maximum atomic E-state index is 12.5. The van der Waals surface area contributed by atoms with E-state index in [1.54, 1.807) is 6.20 Å². The van der Waals surface area contributed by atoms with Crippen LogP contribution in [-0.4, -0.2) is 43.7 Å². The quantitative estimate of drug-likeness (QED) is 0.677. The van der Waals surface area contributed by atoms with Crippen LogP contribution in [0.1, 0.15) is 24.8 Å². The molecule has 0 saturated carbocycles. The van der Waals surface area contributed by atoms with Crippen LogP contribution in [0.3, 0.4) is 0 Å². The number of benzene rings is 1. The van der Waals surface area contributed by atoms with Gasteiger partial charge in [-0.05, 0) is 43.0 Å². The lowest BCUT2D eigenvalue weighted by Crippen LogP contribution is -2.42. The zero-order valence-electron chi connectivity index (χ0n) is 14.7. The number of nitrogens with one attached hydrogen (secondary N) is 2. The van der Waals surface area contributed by atoms with Crippen molar-refractivity contribution in [2.75, 3.05) is 18.4 Å². The summed E-state index contributed by atoms with van der Waals surface area (Å²) >= 11 is 0. The van der Waals surface area contributed by atoms with E-state index in [1.165, 1.54) is 0 Å². The number of imidazole rings is 1. The number of anilines is 1. The van der Waals surface area contributed by atoms with Crippen molar-refractivity contribution in [2.24, 2.45) is 13.0 Å². The van der Waals surface area contributed by atoms with Gasteiger partial charge in [0.1, 0.15) is 11.9 Å². The minimum absolute atomic E-state index is 0.0928. The fraction of sp³-hybridized carbons (Fsp3) is 0.368. The van der Waals surface area contributed by atoms with Gasteiger partial charge in [-0.25, -0.2) is 9.78 Å². The molecule has 4 rings (SSSR count). The van der Waals surface area contributed by atoms with E-state index in [1.807, 2.05) is 53.2 Å². The number of rotatable bonds is 3. The lowest BCUT2D eigenvalue weighted by Gasteiger charge is -2.34. The Bertz CT molecular complexity index is 907. The SMILES string of the molecule is Cn1ccnc1[C@@H](O)C1CCN(C(=O)Nc2ccc3[nH]ccc3c2)CC1. The van der Waals surface area contributed by atoms with E-state index < -0.39 is 6.10 Å². The Morgan fingerprint density at radius 2 is 2.15 bits per heavy atom. The molecule has 7 nitrogen and oxygen atoms in total. The van der Waals surface area contributed by atoms with Crippen LogP contribution in [0.4, 0.5) is 10.5 Å². The molecule has 0 aliphatic carbocycles. The van der Waals surface area contributed by atoms with Gasteiger partial charge < -0.3 is 24.9 Å². The zero-order valence-corrected chi connectivity index (χ0v) is 14.7. The summed E-state index contributed by atoms with van der Waals surface area (Å²) in [6, 6.07) is 7.70. The van der Waals surface area contributed by atoms with Crippen molar-refractivity contribution in [1.29, 1.82) is 0 Å². The van der Waals surface area contributed by atoms with Gasteiger partial charge in [-0.15, -0.1) is 0 Å². The Labute approximate surface area is 151 Å². The first-order chi connectivity index (χ1) is 12.6. The lowest BCUT2D eigenvalue weighted by molar-refractivity contribution is 0.0600. The summed E-state index contributed by atoms with van der Waals surface area (Å²) in [5.41, 5.74) is 1.84. The second-order valence-corrected chi connectivity index (χ2v) is 6.88. The highest BCUT2D eigenvalue weighted by molar-refractivity contribution is 5.92. The van der Waals surface area contributed by atoms with Gasteiger partial charge in [-0.2, -0.15) is 0 Å². The second kappa shape index (κ2) is 6.84.